The van der Waals surface area contributed by atoms with E-state index in [0.717, 1.165) is 0 Å². The minimum Gasteiger partial charge on any atom is -0.425 e. The SMILES string of the molecule is Cc1cc(C)c(F)c(C2=NC(C(F)(F)F)OC2=O)c1. The first-order valence-corrected chi connectivity index (χ1v) is 5.33. The molecule has 0 aliphatic carbocycles. The Balaban J connectivity index is 2.51. The Morgan fingerprint density at radius 1 is 1.26 bits per heavy atom. The fourth-order valence-electron chi connectivity index (χ4n) is 1.80. The minimum absolute atomic E-state index is 0.223. The lowest BCUT2D eigenvalue weighted by atomic mass is 10.0. The van der Waals surface area contributed by atoms with E-state index in [-0.39, 0.29) is 11.1 Å². The second-order valence-electron chi connectivity index (χ2n) is 4.22. The Morgan fingerprint density at radius 3 is 2.42 bits per heavy atom. The van der Waals surface area contributed by atoms with Gasteiger partial charge in [-0.1, -0.05) is 6.07 Å². The number of carbonyl (C=O) groups is 1. The molecule has 2 rings (SSSR count). The molecule has 0 spiro atoms. The van der Waals surface area contributed by atoms with E-state index in [0.29, 0.717) is 5.56 Å². The van der Waals surface area contributed by atoms with E-state index in [1.807, 2.05) is 0 Å². The van der Waals surface area contributed by atoms with Crippen molar-refractivity contribution in [2.45, 2.75) is 26.3 Å². The van der Waals surface area contributed by atoms with Gasteiger partial charge in [0.25, 0.3) is 6.23 Å². The maximum atomic E-state index is 13.9. The van der Waals surface area contributed by atoms with Crippen molar-refractivity contribution in [3.05, 3.63) is 34.6 Å². The molecule has 102 valence electrons. The number of hydrogen-bond acceptors (Lipinski definition) is 3. The van der Waals surface area contributed by atoms with Gasteiger partial charge in [0.15, 0.2) is 5.71 Å². The van der Waals surface area contributed by atoms with Crippen molar-refractivity contribution in [1.29, 1.82) is 0 Å². The topological polar surface area (TPSA) is 38.7 Å². The van der Waals surface area contributed by atoms with Crippen LogP contribution >= 0.6 is 0 Å². The minimum atomic E-state index is -4.80. The van der Waals surface area contributed by atoms with Gasteiger partial charge in [0, 0.05) is 5.56 Å². The van der Waals surface area contributed by atoms with Crippen LogP contribution < -0.4 is 0 Å². The van der Waals surface area contributed by atoms with Crippen LogP contribution in [0.5, 0.6) is 0 Å². The Hall–Kier alpha value is -1.92. The lowest BCUT2D eigenvalue weighted by Gasteiger charge is -2.09. The first kappa shape index (κ1) is 13.5. The Kier molecular flexibility index (Phi) is 3.07. The van der Waals surface area contributed by atoms with Crippen LogP contribution in [0.3, 0.4) is 0 Å². The molecule has 0 N–H and O–H groups in total. The van der Waals surface area contributed by atoms with Gasteiger partial charge in [-0.15, -0.1) is 0 Å². The smallest absolute Gasteiger partial charge is 0.425 e. The van der Waals surface area contributed by atoms with Gasteiger partial charge in [-0.25, -0.2) is 14.2 Å². The van der Waals surface area contributed by atoms with Crippen LogP contribution in [0.2, 0.25) is 0 Å². The summed E-state index contributed by atoms with van der Waals surface area (Å²) >= 11 is 0. The fourth-order valence-corrected chi connectivity index (χ4v) is 1.80. The second-order valence-corrected chi connectivity index (χ2v) is 4.22. The van der Waals surface area contributed by atoms with Gasteiger partial charge in [0.05, 0.1) is 0 Å². The van der Waals surface area contributed by atoms with Gasteiger partial charge in [0.1, 0.15) is 5.82 Å². The third kappa shape index (κ3) is 2.45. The number of hydrogen-bond donors (Lipinski definition) is 0. The third-order valence-corrected chi connectivity index (χ3v) is 2.59. The number of aryl methyl sites for hydroxylation is 2. The van der Waals surface area contributed by atoms with Gasteiger partial charge >= 0.3 is 12.1 Å². The molecule has 3 nitrogen and oxygen atoms in total. The van der Waals surface area contributed by atoms with Crippen LogP contribution in [-0.2, 0) is 9.53 Å². The number of alkyl halides is 3. The average molecular weight is 275 g/mol. The molecule has 0 amide bonds. The summed E-state index contributed by atoms with van der Waals surface area (Å²) in [7, 11) is 0. The predicted octanol–water partition coefficient (Wildman–Crippen LogP) is 2.68. The molecule has 1 unspecified atom stereocenters. The molecular formula is C12H9F4NO2. The molecule has 0 radical (unpaired) electrons. The Morgan fingerprint density at radius 2 is 1.89 bits per heavy atom. The van der Waals surface area contributed by atoms with E-state index in [9.17, 15) is 22.4 Å². The molecule has 0 aromatic heterocycles. The van der Waals surface area contributed by atoms with Crippen LogP contribution in [0, 0.1) is 19.7 Å². The number of cyclic esters (lactones) is 1. The molecule has 0 fully saturated rings. The molecule has 1 atom stereocenters. The van der Waals surface area contributed by atoms with Gasteiger partial charge in [-0.05, 0) is 31.0 Å². The third-order valence-electron chi connectivity index (χ3n) is 2.59. The maximum absolute atomic E-state index is 13.9. The first-order chi connectivity index (χ1) is 8.70. The molecule has 1 aromatic carbocycles. The summed E-state index contributed by atoms with van der Waals surface area (Å²) in [6.45, 7) is 3.09. The number of carbonyl (C=O) groups excluding carboxylic acids is 1. The molecule has 19 heavy (non-hydrogen) atoms. The van der Waals surface area contributed by atoms with E-state index in [1.165, 1.54) is 19.1 Å². The van der Waals surface area contributed by atoms with Gasteiger partial charge in [-0.2, -0.15) is 13.2 Å². The summed E-state index contributed by atoms with van der Waals surface area (Å²) in [5, 5.41) is 0. The molecule has 0 saturated heterocycles. The number of halogens is 4. The summed E-state index contributed by atoms with van der Waals surface area (Å²) in [6.07, 6.45) is -7.36. The molecule has 7 heteroatoms. The van der Waals surface area contributed by atoms with Crippen molar-refractivity contribution in [1.82, 2.24) is 0 Å². The van der Waals surface area contributed by atoms with E-state index in [4.69, 9.17) is 0 Å². The summed E-state index contributed by atoms with van der Waals surface area (Å²) < 4.78 is 55.2. The number of benzene rings is 1. The van der Waals surface area contributed by atoms with Crippen molar-refractivity contribution < 1.29 is 27.1 Å². The predicted molar refractivity (Wildman–Crippen MR) is 58.3 cm³/mol. The van der Waals surface area contributed by atoms with Crippen molar-refractivity contribution in [3.8, 4) is 0 Å². The van der Waals surface area contributed by atoms with Crippen LogP contribution in [0.4, 0.5) is 17.6 Å². The molecule has 1 aliphatic rings. The quantitative estimate of drug-likeness (QED) is 0.584. The average Bonchev–Trinajstić information content (AvgIpc) is 2.65. The number of nitrogens with zero attached hydrogens (tertiary/aromatic N) is 1. The molecule has 1 heterocycles. The van der Waals surface area contributed by atoms with Crippen LogP contribution in [0.1, 0.15) is 16.7 Å². The first-order valence-electron chi connectivity index (χ1n) is 5.33. The van der Waals surface area contributed by atoms with E-state index in [2.05, 4.69) is 9.73 Å². The van der Waals surface area contributed by atoms with Crippen LogP contribution in [0.25, 0.3) is 0 Å². The number of aliphatic imine (C=N–C) groups is 1. The monoisotopic (exact) mass is 275 g/mol. The standard InChI is InChI=1S/C12H9F4NO2/c1-5-3-6(2)8(13)7(4-5)9-10(18)19-11(17-9)12(14,15)16/h3-4,11H,1-2H3. The van der Waals surface area contributed by atoms with E-state index >= 15 is 0 Å². The Labute approximate surface area is 105 Å². The molecular weight excluding hydrogens is 266 g/mol. The summed E-state index contributed by atoms with van der Waals surface area (Å²) in [5.41, 5.74) is -0.0679. The summed E-state index contributed by atoms with van der Waals surface area (Å²) in [6, 6.07) is 2.78. The van der Waals surface area contributed by atoms with Crippen molar-refractivity contribution in [2.24, 2.45) is 4.99 Å². The van der Waals surface area contributed by atoms with E-state index in [1.54, 1.807) is 6.92 Å². The number of esters is 1. The highest BCUT2D eigenvalue weighted by Gasteiger charge is 2.48. The normalized spacial score (nSPS) is 19.4. The molecule has 0 saturated carbocycles. The lowest BCUT2D eigenvalue weighted by molar-refractivity contribution is -0.210. The summed E-state index contributed by atoms with van der Waals surface area (Å²) in [5.74, 6) is -2.05. The number of ether oxygens (including phenoxy) is 1. The van der Waals surface area contributed by atoms with Crippen molar-refractivity contribution >= 4 is 11.7 Å². The fraction of sp³-hybridized carbons (Fsp3) is 0.333. The highest BCUT2D eigenvalue weighted by Crippen LogP contribution is 2.29. The Bertz CT molecular complexity index is 578. The highest BCUT2D eigenvalue weighted by atomic mass is 19.4. The number of rotatable bonds is 1. The molecule has 1 aromatic rings. The summed E-state index contributed by atoms with van der Waals surface area (Å²) in [4.78, 5) is 14.5. The lowest BCUT2D eigenvalue weighted by Crippen LogP contribution is -2.27. The van der Waals surface area contributed by atoms with Crippen molar-refractivity contribution in [3.63, 3.8) is 0 Å². The van der Waals surface area contributed by atoms with Gasteiger partial charge in [0.2, 0.25) is 0 Å². The second kappa shape index (κ2) is 4.32. The molecule has 0 bridgehead atoms. The van der Waals surface area contributed by atoms with Crippen LogP contribution in [-0.4, -0.2) is 24.1 Å². The van der Waals surface area contributed by atoms with Crippen LogP contribution in [0.15, 0.2) is 17.1 Å². The van der Waals surface area contributed by atoms with Gasteiger partial charge < -0.3 is 4.74 Å². The molecule has 1 aliphatic heterocycles. The van der Waals surface area contributed by atoms with Gasteiger partial charge in [-0.3, -0.25) is 0 Å². The zero-order valence-electron chi connectivity index (χ0n) is 10.0. The maximum Gasteiger partial charge on any atom is 0.447 e. The van der Waals surface area contributed by atoms with Crippen molar-refractivity contribution in [2.75, 3.05) is 0 Å². The highest BCUT2D eigenvalue weighted by molar-refractivity contribution is 6.44. The van der Waals surface area contributed by atoms with E-state index < -0.39 is 29.9 Å². The zero-order chi connectivity index (χ0) is 14.4. The largest absolute Gasteiger partial charge is 0.447 e. The zero-order valence-corrected chi connectivity index (χ0v) is 10.0.